The van der Waals surface area contributed by atoms with Gasteiger partial charge in [0.25, 0.3) is 0 Å². The molecule has 0 atom stereocenters. The number of sulfone groups is 2. The summed E-state index contributed by atoms with van der Waals surface area (Å²) in [7, 11) is -5.74. The summed E-state index contributed by atoms with van der Waals surface area (Å²) in [6, 6.07) is 13.7. The Hall–Kier alpha value is -2.16. The first-order valence-corrected chi connectivity index (χ1v) is 13.8. The SMILES string of the molecule is CCc1cc(CC)cc(-c2cc(S(C)(=O)=O)cc(S(=O)(=O)c3ccc(NC)s3)c2)c1. The average Bonchev–Trinajstić information content (AvgIpc) is 3.22. The molecule has 160 valence electrons. The Kier molecular flexibility index (Phi) is 6.40. The fraction of sp³-hybridized carbons (Fsp3) is 0.273. The molecule has 0 amide bonds. The van der Waals surface area contributed by atoms with Crippen molar-refractivity contribution in [2.24, 2.45) is 0 Å². The fourth-order valence-electron chi connectivity index (χ4n) is 3.16. The molecular weight excluding hydrogens is 438 g/mol. The van der Waals surface area contributed by atoms with Gasteiger partial charge >= 0.3 is 0 Å². The van der Waals surface area contributed by atoms with Crippen LogP contribution in [-0.4, -0.2) is 30.1 Å². The highest BCUT2D eigenvalue weighted by Crippen LogP contribution is 2.34. The van der Waals surface area contributed by atoms with Gasteiger partial charge in [-0.25, -0.2) is 16.8 Å². The van der Waals surface area contributed by atoms with Crippen molar-refractivity contribution in [3.8, 4) is 11.1 Å². The van der Waals surface area contributed by atoms with Gasteiger partial charge in [0, 0.05) is 13.3 Å². The summed E-state index contributed by atoms with van der Waals surface area (Å²) >= 11 is 1.11. The average molecular weight is 464 g/mol. The van der Waals surface area contributed by atoms with Gasteiger partial charge in [-0.1, -0.05) is 32.0 Å². The summed E-state index contributed by atoms with van der Waals surface area (Å²) in [6.07, 6.45) is 2.76. The largest absolute Gasteiger partial charge is 0.380 e. The summed E-state index contributed by atoms with van der Waals surface area (Å²) in [5.41, 5.74) is 3.63. The number of aryl methyl sites for hydroxylation is 2. The van der Waals surface area contributed by atoms with Gasteiger partial charge in [-0.05, 0) is 65.4 Å². The second-order valence-corrected chi connectivity index (χ2v) is 12.4. The first kappa shape index (κ1) is 22.5. The van der Waals surface area contributed by atoms with Crippen LogP contribution in [0, 0.1) is 0 Å². The van der Waals surface area contributed by atoms with Crippen LogP contribution >= 0.6 is 11.3 Å². The molecule has 0 fully saturated rings. The van der Waals surface area contributed by atoms with Gasteiger partial charge in [0.15, 0.2) is 9.84 Å². The van der Waals surface area contributed by atoms with Crippen molar-refractivity contribution in [2.75, 3.05) is 18.6 Å². The van der Waals surface area contributed by atoms with Crippen molar-refractivity contribution in [1.29, 1.82) is 0 Å². The minimum atomic E-state index is -3.86. The lowest BCUT2D eigenvalue weighted by molar-refractivity contribution is 0.597. The van der Waals surface area contributed by atoms with Gasteiger partial charge in [-0.2, -0.15) is 0 Å². The van der Waals surface area contributed by atoms with Crippen LogP contribution in [0.3, 0.4) is 0 Å². The van der Waals surface area contributed by atoms with Gasteiger partial charge in [0.2, 0.25) is 9.84 Å². The van der Waals surface area contributed by atoms with E-state index in [0.29, 0.717) is 5.56 Å². The third-order valence-electron chi connectivity index (χ3n) is 4.91. The van der Waals surface area contributed by atoms with Crippen molar-refractivity contribution in [3.05, 3.63) is 59.7 Å². The van der Waals surface area contributed by atoms with Crippen LogP contribution in [0.2, 0.25) is 0 Å². The summed E-state index contributed by atoms with van der Waals surface area (Å²) < 4.78 is 51.3. The number of hydrogen-bond donors (Lipinski definition) is 1. The second-order valence-electron chi connectivity index (χ2n) is 7.08. The molecule has 2 aromatic carbocycles. The van der Waals surface area contributed by atoms with Crippen LogP contribution < -0.4 is 5.32 Å². The zero-order valence-corrected chi connectivity index (χ0v) is 19.8. The van der Waals surface area contributed by atoms with Crippen LogP contribution in [0.1, 0.15) is 25.0 Å². The summed E-state index contributed by atoms with van der Waals surface area (Å²) in [6.45, 7) is 4.11. The Morgan fingerprint density at radius 2 is 1.37 bits per heavy atom. The topological polar surface area (TPSA) is 80.3 Å². The highest BCUT2D eigenvalue weighted by molar-refractivity contribution is 7.93. The fourth-order valence-corrected chi connectivity index (χ4v) is 6.55. The maximum absolute atomic E-state index is 13.3. The maximum atomic E-state index is 13.3. The van der Waals surface area contributed by atoms with E-state index in [4.69, 9.17) is 0 Å². The molecule has 0 bridgehead atoms. The smallest absolute Gasteiger partial charge is 0.216 e. The van der Waals surface area contributed by atoms with E-state index in [-0.39, 0.29) is 14.0 Å². The number of nitrogens with one attached hydrogen (secondary N) is 1. The third kappa shape index (κ3) is 4.61. The molecule has 1 heterocycles. The van der Waals surface area contributed by atoms with Gasteiger partial charge < -0.3 is 5.32 Å². The minimum Gasteiger partial charge on any atom is -0.380 e. The van der Waals surface area contributed by atoms with Gasteiger partial charge in [-0.3, -0.25) is 0 Å². The van der Waals surface area contributed by atoms with Crippen LogP contribution in [0.5, 0.6) is 0 Å². The van der Waals surface area contributed by atoms with Crippen molar-refractivity contribution in [3.63, 3.8) is 0 Å². The molecule has 0 saturated carbocycles. The third-order valence-corrected chi connectivity index (χ3v) is 9.33. The van der Waals surface area contributed by atoms with Crippen LogP contribution in [0.25, 0.3) is 11.1 Å². The normalized spacial score (nSPS) is 12.1. The molecule has 3 rings (SSSR count). The van der Waals surface area contributed by atoms with E-state index >= 15 is 0 Å². The number of benzene rings is 2. The molecule has 5 nitrogen and oxygen atoms in total. The monoisotopic (exact) mass is 463 g/mol. The van der Waals surface area contributed by atoms with E-state index in [1.165, 1.54) is 12.1 Å². The lowest BCUT2D eigenvalue weighted by Gasteiger charge is -2.12. The number of anilines is 1. The molecule has 1 N–H and O–H groups in total. The predicted octanol–water partition coefficient (Wildman–Crippen LogP) is 4.82. The predicted molar refractivity (Wildman–Crippen MR) is 123 cm³/mol. The maximum Gasteiger partial charge on any atom is 0.216 e. The standard InChI is InChI=1S/C22H25NO4S3/c1-5-15-9-16(6-2)11-17(10-15)18-12-19(29(4,24)25)14-20(13-18)30(26,27)22-8-7-21(23-3)28-22/h7-14,23H,5-6H2,1-4H3. The van der Waals surface area contributed by atoms with Crippen LogP contribution in [-0.2, 0) is 32.5 Å². The zero-order chi connectivity index (χ0) is 22.1. The number of rotatable bonds is 7. The van der Waals surface area contributed by atoms with E-state index in [1.807, 2.05) is 12.1 Å². The van der Waals surface area contributed by atoms with E-state index < -0.39 is 19.7 Å². The Labute approximate surface area is 182 Å². The Morgan fingerprint density at radius 1 is 0.800 bits per heavy atom. The highest BCUT2D eigenvalue weighted by Gasteiger charge is 2.23. The minimum absolute atomic E-state index is 0.0103. The molecule has 0 aliphatic rings. The second kappa shape index (κ2) is 8.53. The van der Waals surface area contributed by atoms with Crippen molar-refractivity contribution in [2.45, 2.75) is 40.7 Å². The molecule has 0 aliphatic carbocycles. The van der Waals surface area contributed by atoms with Gasteiger partial charge in [-0.15, -0.1) is 11.3 Å². The first-order valence-electron chi connectivity index (χ1n) is 9.59. The zero-order valence-electron chi connectivity index (χ0n) is 17.4. The molecule has 0 aliphatic heterocycles. The Balaban J connectivity index is 2.26. The molecule has 0 unspecified atom stereocenters. The van der Waals surface area contributed by atoms with Gasteiger partial charge in [0.1, 0.15) is 4.21 Å². The summed E-state index contributed by atoms with van der Waals surface area (Å²) in [5, 5.41) is 3.65. The Bertz CT molecular complexity index is 1270. The molecule has 30 heavy (non-hydrogen) atoms. The molecule has 8 heteroatoms. The molecule has 1 aromatic heterocycles. The Morgan fingerprint density at radius 3 is 1.87 bits per heavy atom. The molecule has 0 spiro atoms. The van der Waals surface area contributed by atoms with E-state index in [0.717, 1.165) is 52.1 Å². The van der Waals surface area contributed by atoms with Crippen LogP contribution in [0.15, 0.2) is 62.5 Å². The molecule has 0 saturated heterocycles. The van der Waals surface area contributed by atoms with E-state index in [1.54, 1.807) is 25.2 Å². The lowest BCUT2D eigenvalue weighted by Crippen LogP contribution is -2.04. The number of hydrogen-bond acceptors (Lipinski definition) is 6. The quantitative estimate of drug-likeness (QED) is 0.543. The summed E-state index contributed by atoms with van der Waals surface area (Å²) in [5.74, 6) is 0. The van der Waals surface area contributed by atoms with Crippen molar-refractivity contribution >= 4 is 36.0 Å². The number of thiophene rings is 1. The van der Waals surface area contributed by atoms with Crippen LogP contribution in [0.4, 0.5) is 5.00 Å². The van der Waals surface area contributed by atoms with Gasteiger partial charge in [0.05, 0.1) is 14.8 Å². The summed E-state index contributed by atoms with van der Waals surface area (Å²) in [4.78, 5) is -0.0335. The van der Waals surface area contributed by atoms with Crippen molar-refractivity contribution in [1.82, 2.24) is 0 Å². The van der Waals surface area contributed by atoms with E-state index in [2.05, 4.69) is 25.2 Å². The molecular formula is C22H25NO4S3. The van der Waals surface area contributed by atoms with Crippen molar-refractivity contribution < 1.29 is 16.8 Å². The van der Waals surface area contributed by atoms with E-state index in [9.17, 15) is 16.8 Å². The highest BCUT2D eigenvalue weighted by atomic mass is 32.2. The molecule has 3 aromatic rings. The first-order chi connectivity index (χ1) is 14.1. The lowest BCUT2D eigenvalue weighted by atomic mass is 9.98. The molecule has 0 radical (unpaired) electrons.